The fourth-order valence-electron chi connectivity index (χ4n) is 2.30. The highest BCUT2D eigenvalue weighted by molar-refractivity contribution is 6.48. The summed E-state index contributed by atoms with van der Waals surface area (Å²) in [5.41, 5.74) is 2.30. The van der Waals surface area contributed by atoms with Crippen molar-refractivity contribution in [3.05, 3.63) is 53.6 Å². The number of esters is 1. The van der Waals surface area contributed by atoms with Crippen LogP contribution in [0.5, 0.6) is 0 Å². The quantitative estimate of drug-likeness (QED) is 0.296. The molecule has 0 amide bonds. The summed E-state index contributed by atoms with van der Waals surface area (Å²) >= 11 is 0. The molecule has 1 radical (unpaired) electrons. The van der Waals surface area contributed by atoms with Crippen molar-refractivity contribution in [3.63, 3.8) is 0 Å². The summed E-state index contributed by atoms with van der Waals surface area (Å²) in [4.78, 5) is 11.3. The summed E-state index contributed by atoms with van der Waals surface area (Å²) < 4.78 is 11.1. The molecule has 0 saturated heterocycles. The van der Waals surface area contributed by atoms with Crippen molar-refractivity contribution >= 4 is 21.1 Å². The molecule has 0 aliphatic carbocycles. The van der Waals surface area contributed by atoms with E-state index in [0.29, 0.717) is 6.61 Å². The molecule has 0 spiro atoms. The van der Waals surface area contributed by atoms with Crippen molar-refractivity contribution in [2.45, 2.75) is 46.9 Å². The third-order valence-electron chi connectivity index (χ3n) is 3.27. The molecular formula is C20H29O3Si. The second-order valence-corrected chi connectivity index (χ2v) is 8.96. The molecule has 0 aromatic heterocycles. The Kier molecular flexibility index (Phi) is 8.15. The lowest BCUT2D eigenvalue weighted by atomic mass is 9.84. The molecule has 1 rings (SSSR count). The van der Waals surface area contributed by atoms with Crippen LogP contribution in [0.1, 0.15) is 44.9 Å². The van der Waals surface area contributed by atoms with Gasteiger partial charge in [-0.25, -0.2) is 4.79 Å². The van der Waals surface area contributed by atoms with Crippen LogP contribution in [0.25, 0.3) is 6.08 Å². The molecule has 24 heavy (non-hydrogen) atoms. The van der Waals surface area contributed by atoms with Crippen LogP contribution in [0.15, 0.2) is 42.5 Å². The lowest BCUT2D eigenvalue weighted by Gasteiger charge is -2.33. The maximum absolute atomic E-state index is 11.3. The van der Waals surface area contributed by atoms with E-state index in [0.717, 1.165) is 5.56 Å². The van der Waals surface area contributed by atoms with E-state index in [1.165, 1.54) is 11.6 Å². The topological polar surface area (TPSA) is 35.5 Å². The van der Waals surface area contributed by atoms with E-state index in [9.17, 15) is 4.79 Å². The minimum atomic E-state index is -0.791. The molecule has 1 atom stereocenters. The minimum absolute atomic E-state index is 0.0358. The van der Waals surface area contributed by atoms with Gasteiger partial charge in [0, 0.05) is 6.08 Å². The molecule has 0 N–H and O–H groups in total. The normalized spacial score (nSPS) is 13.8. The fraction of sp³-hybridized carbons (Fsp3) is 0.450. The van der Waals surface area contributed by atoms with Gasteiger partial charge in [-0.05, 0) is 42.6 Å². The van der Waals surface area contributed by atoms with Crippen LogP contribution in [-0.2, 0) is 14.0 Å². The van der Waals surface area contributed by atoms with Crippen molar-refractivity contribution in [2.24, 2.45) is 5.41 Å². The first-order chi connectivity index (χ1) is 11.2. The van der Waals surface area contributed by atoms with Gasteiger partial charge in [0.15, 0.2) is 0 Å². The Hall–Kier alpha value is -1.65. The highest BCUT2D eigenvalue weighted by Crippen LogP contribution is 2.36. The van der Waals surface area contributed by atoms with Gasteiger partial charge in [-0.2, -0.15) is 0 Å². The number of rotatable bonds is 7. The van der Waals surface area contributed by atoms with Gasteiger partial charge in [-0.1, -0.05) is 57.2 Å². The first-order valence-electron chi connectivity index (χ1n) is 8.32. The van der Waals surface area contributed by atoms with Crippen molar-refractivity contribution in [2.75, 3.05) is 6.61 Å². The zero-order chi connectivity index (χ0) is 18.2. The average Bonchev–Trinajstić information content (AvgIpc) is 2.48. The van der Waals surface area contributed by atoms with E-state index in [1.807, 2.05) is 24.3 Å². The van der Waals surface area contributed by atoms with E-state index in [2.05, 4.69) is 46.0 Å². The first kappa shape index (κ1) is 20.4. The molecule has 0 fully saturated rings. The van der Waals surface area contributed by atoms with Crippen LogP contribution in [-0.4, -0.2) is 21.6 Å². The zero-order valence-corrected chi connectivity index (χ0v) is 16.6. The molecule has 1 aromatic carbocycles. The first-order valence-corrected chi connectivity index (χ1v) is 10.7. The van der Waals surface area contributed by atoms with Gasteiger partial charge in [-0.15, -0.1) is 0 Å². The van der Waals surface area contributed by atoms with Crippen LogP contribution in [0.4, 0.5) is 0 Å². The number of benzene rings is 1. The van der Waals surface area contributed by atoms with Crippen LogP contribution < -0.4 is 0 Å². The van der Waals surface area contributed by atoms with E-state index < -0.39 is 9.04 Å². The molecule has 3 nitrogen and oxygen atoms in total. The van der Waals surface area contributed by atoms with Gasteiger partial charge in [0.05, 0.1) is 12.7 Å². The van der Waals surface area contributed by atoms with Gasteiger partial charge in [0.1, 0.15) is 0 Å². The number of carbonyl (C=O) groups excluding carboxylic acids is 1. The number of hydrogen-bond acceptors (Lipinski definition) is 3. The third-order valence-corrected chi connectivity index (χ3v) is 3.98. The number of carbonyl (C=O) groups is 1. The Labute approximate surface area is 148 Å². The number of allylic oxidation sites excluding steroid dienone is 2. The highest BCUT2D eigenvalue weighted by Gasteiger charge is 2.28. The standard InChI is InChI=1S/C20H29O3Si/c1-7-22-18(21)14-9-8-11-16-12-10-13-17(15-16)19(20(2,3)4)23-24(5)6/h8-15,19H,7H2,1-6H3/b11-8+,14-9+. The van der Waals surface area contributed by atoms with Crippen molar-refractivity contribution < 1.29 is 14.0 Å². The van der Waals surface area contributed by atoms with E-state index in [4.69, 9.17) is 9.16 Å². The Morgan fingerprint density at radius 3 is 2.54 bits per heavy atom. The average molecular weight is 346 g/mol. The number of hydrogen-bond donors (Lipinski definition) is 0. The summed E-state index contributed by atoms with van der Waals surface area (Å²) in [6.07, 6.45) is 7.01. The zero-order valence-electron chi connectivity index (χ0n) is 15.6. The molecule has 0 saturated carbocycles. The van der Waals surface area contributed by atoms with Crippen molar-refractivity contribution in [1.82, 2.24) is 0 Å². The van der Waals surface area contributed by atoms with Crippen LogP contribution in [0.2, 0.25) is 13.1 Å². The summed E-state index contributed by atoms with van der Waals surface area (Å²) in [7, 11) is -0.791. The van der Waals surface area contributed by atoms with Gasteiger partial charge in [0.2, 0.25) is 9.04 Å². The van der Waals surface area contributed by atoms with Gasteiger partial charge in [-0.3, -0.25) is 0 Å². The van der Waals surface area contributed by atoms with E-state index >= 15 is 0 Å². The Morgan fingerprint density at radius 2 is 1.96 bits per heavy atom. The van der Waals surface area contributed by atoms with Crippen LogP contribution in [0.3, 0.4) is 0 Å². The lowest BCUT2D eigenvalue weighted by Crippen LogP contribution is -2.25. The summed E-state index contributed by atoms with van der Waals surface area (Å²) in [5.74, 6) is -0.322. The summed E-state index contributed by atoms with van der Waals surface area (Å²) in [5, 5.41) is 0. The molecule has 0 aliphatic heterocycles. The minimum Gasteiger partial charge on any atom is -0.463 e. The van der Waals surface area contributed by atoms with Crippen LogP contribution in [0, 0.1) is 5.41 Å². The predicted molar refractivity (Wildman–Crippen MR) is 102 cm³/mol. The molecule has 0 heterocycles. The monoisotopic (exact) mass is 345 g/mol. The third kappa shape index (κ3) is 7.28. The summed E-state index contributed by atoms with van der Waals surface area (Å²) in [6.45, 7) is 13.1. The van der Waals surface area contributed by atoms with E-state index in [-0.39, 0.29) is 17.5 Å². The highest BCUT2D eigenvalue weighted by atomic mass is 28.3. The fourth-order valence-corrected chi connectivity index (χ4v) is 3.26. The van der Waals surface area contributed by atoms with E-state index in [1.54, 1.807) is 13.0 Å². The second-order valence-electron chi connectivity index (χ2n) is 6.91. The Morgan fingerprint density at radius 1 is 1.25 bits per heavy atom. The molecule has 0 bridgehead atoms. The van der Waals surface area contributed by atoms with Gasteiger partial charge in [0.25, 0.3) is 0 Å². The molecule has 1 aromatic rings. The van der Waals surface area contributed by atoms with Crippen LogP contribution >= 0.6 is 0 Å². The predicted octanol–water partition coefficient (Wildman–Crippen LogP) is 5.17. The molecule has 0 aliphatic rings. The maximum atomic E-state index is 11.3. The second kappa shape index (κ2) is 9.60. The Balaban J connectivity index is 2.90. The molecule has 4 heteroatoms. The van der Waals surface area contributed by atoms with Gasteiger partial charge >= 0.3 is 5.97 Å². The lowest BCUT2D eigenvalue weighted by molar-refractivity contribution is -0.137. The smallest absolute Gasteiger partial charge is 0.330 e. The molecular weight excluding hydrogens is 316 g/mol. The molecule has 1 unspecified atom stereocenters. The SMILES string of the molecule is CCOC(=O)/C=C/C=C/c1cccc(C(O[Si](C)C)C(C)(C)C)c1. The maximum Gasteiger partial charge on any atom is 0.330 e. The summed E-state index contributed by atoms with van der Waals surface area (Å²) in [6, 6.07) is 8.35. The van der Waals surface area contributed by atoms with Crippen molar-refractivity contribution in [3.8, 4) is 0 Å². The van der Waals surface area contributed by atoms with Gasteiger partial charge < -0.3 is 9.16 Å². The molecule has 131 valence electrons. The largest absolute Gasteiger partial charge is 0.463 e. The van der Waals surface area contributed by atoms with Crippen molar-refractivity contribution in [1.29, 1.82) is 0 Å². The number of ether oxygens (including phenoxy) is 1. The Bertz CT molecular complexity index is 583.